The Balaban J connectivity index is 1.70. The summed E-state index contributed by atoms with van der Waals surface area (Å²) in [5, 5.41) is 4.55. The van der Waals surface area contributed by atoms with E-state index in [9.17, 15) is 0 Å². The second-order valence-corrected chi connectivity index (χ2v) is 6.78. The molecule has 0 aliphatic carbocycles. The van der Waals surface area contributed by atoms with Crippen molar-refractivity contribution in [2.45, 2.75) is 25.8 Å². The first-order valence-corrected chi connectivity index (χ1v) is 8.86. The van der Waals surface area contributed by atoms with Gasteiger partial charge in [-0.3, -0.25) is 4.68 Å². The van der Waals surface area contributed by atoms with Crippen molar-refractivity contribution in [2.75, 3.05) is 24.7 Å². The highest BCUT2D eigenvalue weighted by atomic mass is 16.5. The molecule has 6 nitrogen and oxygen atoms in total. The summed E-state index contributed by atoms with van der Waals surface area (Å²) < 4.78 is 7.48. The third-order valence-electron chi connectivity index (χ3n) is 4.97. The van der Waals surface area contributed by atoms with Crippen LogP contribution in [0.25, 0.3) is 22.3 Å². The van der Waals surface area contributed by atoms with Crippen molar-refractivity contribution in [3.05, 3.63) is 48.4 Å². The summed E-state index contributed by atoms with van der Waals surface area (Å²) in [4.78, 5) is 4.40. The van der Waals surface area contributed by atoms with Crippen LogP contribution in [0.5, 0.6) is 0 Å². The number of rotatable bonds is 3. The standard InChI is InChI=1S/C20H23N5O/c1-13-2-3-16(21)9-18(13)19-8-14(10-23-20(19)22)15-11-24-25(12-15)17-4-6-26-7-5-17/h2-3,8-12,17H,4-7,21H2,1H3,(H2,22,23). The van der Waals surface area contributed by atoms with Gasteiger partial charge in [0.15, 0.2) is 0 Å². The van der Waals surface area contributed by atoms with Gasteiger partial charge in [0.2, 0.25) is 0 Å². The van der Waals surface area contributed by atoms with E-state index in [0.717, 1.165) is 53.9 Å². The van der Waals surface area contributed by atoms with Crippen molar-refractivity contribution in [1.29, 1.82) is 0 Å². The van der Waals surface area contributed by atoms with Crippen molar-refractivity contribution < 1.29 is 4.74 Å². The maximum absolute atomic E-state index is 6.15. The summed E-state index contributed by atoms with van der Waals surface area (Å²) in [5.41, 5.74) is 17.9. The topological polar surface area (TPSA) is 92.0 Å². The Kier molecular flexibility index (Phi) is 4.34. The van der Waals surface area contributed by atoms with Crippen LogP contribution in [0.3, 0.4) is 0 Å². The van der Waals surface area contributed by atoms with Crippen molar-refractivity contribution in [1.82, 2.24) is 14.8 Å². The lowest BCUT2D eigenvalue weighted by atomic mass is 9.98. The number of nitrogens with zero attached hydrogens (tertiary/aromatic N) is 3. The predicted molar refractivity (Wildman–Crippen MR) is 104 cm³/mol. The zero-order valence-electron chi connectivity index (χ0n) is 14.9. The van der Waals surface area contributed by atoms with Crippen molar-refractivity contribution in [3.8, 4) is 22.3 Å². The van der Waals surface area contributed by atoms with Crippen LogP contribution in [0, 0.1) is 6.92 Å². The van der Waals surface area contributed by atoms with Crippen molar-refractivity contribution in [3.63, 3.8) is 0 Å². The van der Waals surface area contributed by atoms with Crippen LogP contribution in [0.1, 0.15) is 24.4 Å². The number of hydrogen-bond acceptors (Lipinski definition) is 5. The summed E-state index contributed by atoms with van der Waals surface area (Å²) in [6.07, 6.45) is 7.76. The molecule has 0 saturated carbocycles. The third kappa shape index (κ3) is 3.15. The van der Waals surface area contributed by atoms with Crippen LogP contribution in [-0.2, 0) is 4.74 Å². The minimum atomic E-state index is 0.398. The number of aromatic nitrogens is 3. The highest BCUT2D eigenvalue weighted by Gasteiger charge is 2.17. The molecule has 0 radical (unpaired) electrons. The number of aryl methyl sites for hydroxylation is 1. The minimum absolute atomic E-state index is 0.398. The van der Waals surface area contributed by atoms with Crippen molar-refractivity contribution in [2.24, 2.45) is 0 Å². The summed E-state index contributed by atoms with van der Waals surface area (Å²) in [6, 6.07) is 8.30. The average Bonchev–Trinajstić information content (AvgIpc) is 3.15. The molecule has 1 aliphatic heterocycles. The Labute approximate surface area is 152 Å². The number of ether oxygens (including phenoxy) is 1. The molecule has 1 saturated heterocycles. The SMILES string of the molecule is Cc1ccc(N)cc1-c1cc(-c2cnn(C3CCOCC3)c2)cnc1N. The van der Waals surface area contributed by atoms with Gasteiger partial charge in [-0.1, -0.05) is 6.07 Å². The van der Waals surface area contributed by atoms with Gasteiger partial charge in [-0.15, -0.1) is 0 Å². The Morgan fingerprint density at radius 3 is 2.65 bits per heavy atom. The van der Waals surface area contributed by atoms with Crippen molar-refractivity contribution >= 4 is 11.5 Å². The number of benzene rings is 1. The van der Waals surface area contributed by atoms with Gasteiger partial charge in [0.05, 0.1) is 12.2 Å². The monoisotopic (exact) mass is 349 g/mol. The highest BCUT2D eigenvalue weighted by Crippen LogP contribution is 2.33. The Morgan fingerprint density at radius 1 is 1.04 bits per heavy atom. The molecule has 2 aromatic heterocycles. The van der Waals surface area contributed by atoms with Gasteiger partial charge in [0.25, 0.3) is 0 Å². The first-order valence-electron chi connectivity index (χ1n) is 8.86. The second kappa shape index (κ2) is 6.80. The molecule has 3 aromatic rings. The largest absolute Gasteiger partial charge is 0.399 e. The summed E-state index contributed by atoms with van der Waals surface area (Å²) >= 11 is 0. The fourth-order valence-electron chi connectivity index (χ4n) is 3.42. The van der Waals surface area contributed by atoms with Crippen LogP contribution in [0.2, 0.25) is 0 Å². The molecular formula is C20H23N5O. The lowest BCUT2D eigenvalue weighted by molar-refractivity contribution is 0.0662. The van der Waals surface area contributed by atoms with Gasteiger partial charge in [-0.2, -0.15) is 5.10 Å². The molecule has 0 atom stereocenters. The van der Waals surface area contributed by atoms with E-state index in [1.807, 2.05) is 36.0 Å². The Bertz CT molecular complexity index is 928. The quantitative estimate of drug-likeness (QED) is 0.707. The maximum atomic E-state index is 6.15. The predicted octanol–water partition coefficient (Wildman–Crippen LogP) is 3.44. The Morgan fingerprint density at radius 2 is 1.85 bits per heavy atom. The van der Waals surface area contributed by atoms with E-state index >= 15 is 0 Å². The molecule has 26 heavy (non-hydrogen) atoms. The van der Waals surface area contributed by atoms with Gasteiger partial charge in [0, 0.05) is 48.0 Å². The molecule has 1 fully saturated rings. The number of anilines is 2. The molecule has 4 rings (SSSR count). The average molecular weight is 349 g/mol. The van der Waals surface area contributed by atoms with E-state index in [0.29, 0.717) is 17.5 Å². The summed E-state index contributed by atoms with van der Waals surface area (Å²) in [6.45, 7) is 3.63. The Hall–Kier alpha value is -2.86. The normalized spacial score (nSPS) is 15.3. The molecule has 6 heteroatoms. The first-order chi connectivity index (χ1) is 12.6. The molecule has 3 heterocycles. The van der Waals surface area contributed by atoms with E-state index in [-0.39, 0.29) is 0 Å². The minimum Gasteiger partial charge on any atom is -0.399 e. The molecule has 0 spiro atoms. The molecule has 0 amide bonds. The second-order valence-electron chi connectivity index (χ2n) is 6.78. The van der Waals surface area contributed by atoms with E-state index in [2.05, 4.69) is 22.3 Å². The molecule has 1 aliphatic rings. The van der Waals surface area contributed by atoms with E-state index in [1.165, 1.54) is 0 Å². The van der Waals surface area contributed by atoms with Gasteiger partial charge < -0.3 is 16.2 Å². The molecule has 1 aromatic carbocycles. The first kappa shape index (κ1) is 16.6. The maximum Gasteiger partial charge on any atom is 0.131 e. The zero-order valence-corrected chi connectivity index (χ0v) is 14.9. The lowest BCUT2D eigenvalue weighted by Gasteiger charge is -2.22. The number of pyridine rings is 1. The van der Waals surface area contributed by atoms with Gasteiger partial charge in [-0.05, 0) is 49.1 Å². The number of nitrogens with two attached hydrogens (primary N) is 2. The number of hydrogen-bond donors (Lipinski definition) is 2. The van der Waals surface area contributed by atoms with E-state index in [1.54, 1.807) is 6.20 Å². The van der Waals surface area contributed by atoms with E-state index in [4.69, 9.17) is 16.2 Å². The van der Waals surface area contributed by atoms with Gasteiger partial charge >= 0.3 is 0 Å². The lowest BCUT2D eigenvalue weighted by Crippen LogP contribution is -2.19. The third-order valence-corrected chi connectivity index (χ3v) is 4.97. The smallest absolute Gasteiger partial charge is 0.131 e. The van der Waals surface area contributed by atoms with Gasteiger partial charge in [0.1, 0.15) is 5.82 Å². The fraction of sp³-hybridized carbons (Fsp3) is 0.300. The summed E-state index contributed by atoms with van der Waals surface area (Å²) in [5.74, 6) is 0.499. The van der Waals surface area contributed by atoms with Crippen LogP contribution in [-0.4, -0.2) is 28.0 Å². The molecule has 0 unspecified atom stereocenters. The van der Waals surface area contributed by atoms with Crippen LogP contribution in [0.4, 0.5) is 11.5 Å². The molecular weight excluding hydrogens is 326 g/mol. The summed E-state index contributed by atoms with van der Waals surface area (Å²) in [7, 11) is 0. The number of nitrogen functional groups attached to an aromatic ring is 2. The molecule has 0 bridgehead atoms. The van der Waals surface area contributed by atoms with E-state index < -0.39 is 0 Å². The van der Waals surface area contributed by atoms with Crippen LogP contribution < -0.4 is 11.5 Å². The van der Waals surface area contributed by atoms with Crippen LogP contribution in [0.15, 0.2) is 42.9 Å². The molecule has 134 valence electrons. The van der Waals surface area contributed by atoms with Crippen LogP contribution >= 0.6 is 0 Å². The highest BCUT2D eigenvalue weighted by molar-refractivity contribution is 5.82. The zero-order chi connectivity index (χ0) is 18.1. The molecule has 4 N–H and O–H groups in total. The fourth-order valence-corrected chi connectivity index (χ4v) is 3.42. The van der Waals surface area contributed by atoms with Gasteiger partial charge in [-0.25, -0.2) is 4.98 Å².